The second-order valence-electron chi connectivity index (χ2n) is 8.37. The van der Waals surface area contributed by atoms with Crippen molar-refractivity contribution in [2.75, 3.05) is 18.4 Å². The minimum Gasteiger partial charge on any atom is -0.353 e. The normalized spacial score (nSPS) is 16.3. The molecular weight excluding hydrogens is 424 g/mol. The van der Waals surface area contributed by atoms with Gasteiger partial charge in [-0.2, -0.15) is 0 Å². The molecule has 0 aromatic heterocycles. The highest BCUT2D eigenvalue weighted by molar-refractivity contribution is 5.48. The number of anilines is 1. The summed E-state index contributed by atoms with van der Waals surface area (Å²) in [5.74, 6) is -0.196. The van der Waals surface area contributed by atoms with Crippen molar-refractivity contribution in [3.8, 4) is 0 Å². The number of rotatable bonds is 7. The van der Waals surface area contributed by atoms with E-state index in [2.05, 4.69) is 5.32 Å². The number of nitrogens with one attached hydrogen (secondary N) is 1. The molecule has 0 bridgehead atoms. The van der Waals surface area contributed by atoms with E-state index in [1.54, 1.807) is 24.3 Å². The van der Waals surface area contributed by atoms with Crippen LogP contribution in [-0.2, 0) is 0 Å². The molecule has 0 amide bonds. The first-order valence-corrected chi connectivity index (χ1v) is 10.8. The third-order valence-electron chi connectivity index (χ3n) is 6.05. The zero-order valence-electron chi connectivity index (χ0n) is 18.2. The average Bonchev–Trinajstić information content (AvgIpc) is 3.27. The number of nitrogens with zero attached hydrogens (tertiary/aromatic N) is 2. The molecule has 1 aliphatic heterocycles. The third-order valence-corrected chi connectivity index (χ3v) is 6.05. The van der Waals surface area contributed by atoms with Crippen LogP contribution < -0.4 is 5.32 Å². The van der Waals surface area contributed by atoms with Gasteiger partial charge in [-0.05, 0) is 66.8 Å². The van der Waals surface area contributed by atoms with E-state index >= 15 is 0 Å². The lowest BCUT2D eigenvalue weighted by molar-refractivity contribution is -0.404. The molecule has 0 aliphatic carbocycles. The molecule has 0 spiro atoms. The summed E-state index contributed by atoms with van der Waals surface area (Å²) in [6.45, 7) is 3.17. The van der Waals surface area contributed by atoms with E-state index in [4.69, 9.17) is 0 Å². The van der Waals surface area contributed by atoms with Crippen LogP contribution in [0.15, 0.2) is 84.8 Å². The summed E-state index contributed by atoms with van der Waals surface area (Å²) in [6, 6.07) is 20.4. The van der Waals surface area contributed by atoms with Gasteiger partial charge in [-0.1, -0.05) is 42.0 Å². The number of hydrogen-bond acceptors (Lipinski definition) is 4. The Morgan fingerprint density at radius 3 is 2.06 bits per heavy atom. The van der Waals surface area contributed by atoms with Gasteiger partial charge in [-0.3, -0.25) is 10.1 Å². The monoisotopic (exact) mass is 449 g/mol. The summed E-state index contributed by atoms with van der Waals surface area (Å²) in [5, 5.41) is 14.5. The molecule has 0 radical (unpaired) electrons. The third kappa shape index (κ3) is 5.55. The summed E-state index contributed by atoms with van der Waals surface area (Å²) in [7, 11) is 0. The van der Waals surface area contributed by atoms with E-state index in [9.17, 15) is 18.9 Å². The minimum atomic E-state index is -0.457. The zero-order chi connectivity index (χ0) is 23.4. The molecular formula is C26H25F2N3O2. The van der Waals surface area contributed by atoms with Gasteiger partial charge in [0.15, 0.2) is 5.82 Å². The van der Waals surface area contributed by atoms with Crippen molar-refractivity contribution >= 4 is 5.69 Å². The molecule has 1 saturated heterocycles. The van der Waals surface area contributed by atoms with E-state index < -0.39 is 4.92 Å². The molecule has 1 heterocycles. The number of likely N-dealkylation sites (tertiary alicyclic amines) is 1. The van der Waals surface area contributed by atoms with Gasteiger partial charge in [0.2, 0.25) is 0 Å². The number of nitro groups is 1. The maximum absolute atomic E-state index is 13.6. The average molecular weight is 450 g/mol. The van der Waals surface area contributed by atoms with E-state index in [1.807, 2.05) is 36.1 Å². The van der Waals surface area contributed by atoms with Crippen LogP contribution in [0.5, 0.6) is 0 Å². The fraction of sp³-hybridized carbons (Fsp3) is 0.231. The van der Waals surface area contributed by atoms with Crippen LogP contribution in [0.1, 0.15) is 29.0 Å². The Balaban J connectivity index is 1.61. The molecule has 0 saturated carbocycles. The van der Waals surface area contributed by atoms with E-state index in [1.165, 1.54) is 24.3 Å². The maximum atomic E-state index is 13.6. The zero-order valence-corrected chi connectivity index (χ0v) is 18.2. The Labute approximate surface area is 191 Å². The lowest BCUT2D eigenvalue weighted by atomic mass is 9.80. The predicted octanol–water partition coefficient (Wildman–Crippen LogP) is 5.91. The highest BCUT2D eigenvalue weighted by Crippen LogP contribution is 2.38. The lowest BCUT2D eigenvalue weighted by Crippen LogP contribution is -2.27. The van der Waals surface area contributed by atoms with Crippen LogP contribution in [-0.4, -0.2) is 22.9 Å². The van der Waals surface area contributed by atoms with Gasteiger partial charge in [-0.25, -0.2) is 8.78 Å². The minimum absolute atomic E-state index is 0.0903. The summed E-state index contributed by atoms with van der Waals surface area (Å²) in [6.07, 6.45) is 1.77. The molecule has 1 N–H and O–H groups in total. The fourth-order valence-electron chi connectivity index (χ4n) is 4.43. The van der Waals surface area contributed by atoms with Crippen molar-refractivity contribution in [3.63, 3.8) is 0 Å². The van der Waals surface area contributed by atoms with Gasteiger partial charge < -0.3 is 10.2 Å². The number of hydrogen-bond donors (Lipinski definition) is 1. The maximum Gasteiger partial charge on any atom is 0.274 e. The molecule has 1 aliphatic rings. The first-order chi connectivity index (χ1) is 15.9. The van der Waals surface area contributed by atoms with Crippen molar-refractivity contribution in [2.24, 2.45) is 5.92 Å². The van der Waals surface area contributed by atoms with Gasteiger partial charge in [-0.15, -0.1) is 0 Å². The SMILES string of the molecule is Cc1ccc(NC(=C[N+](=O)[O-])N2CCC(C(c3ccc(F)cc3)c3ccc(F)cc3)C2)cc1. The van der Waals surface area contributed by atoms with Crippen LogP contribution in [0, 0.1) is 34.6 Å². The Morgan fingerprint density at radius 1 is 1.00 bits per heavy atom. The van der Waals surface area contributed by atoms with Crippen molar-refractivity contribution in [1.29, 1.82) is 0 Å². The first kappa shape index (κ1) is 22.5. The second-order valence-corrected chi connectivity index (χ2v) is 8.37. The molecule has 3 aromatic rings. The Kier molecular flexibility index (Phi) is 6.68. The Hall–Kier alpha value is -3.74. The van der Waals surface area contributed by atoms with E-state index in [0.717, 1.165) is 35.0 Å². The number of halogens is 2. The van der Waals surface area contributed by atoms with E-state index in [0.29, 0.717) is 18.9 Å². The quantitative estimate of drug-likeness (QED) is 0.360. The summed E-state index contributed by atoms with van der Waals surface area (Å²) in [4.78, 5) is 12.8. The van der Waals surface area contributed by atoms with Gasteiger partial charge in [0.1, 0.15) is 11.6 Å². The predicted molar refractivity (Wildman–Crippen MR) is 124 cm³/mol. The highest BCUT2D eigenvalue weighted by Gasteiger charge is 2.33. The fourth-order valence-corrected chi connectivity index (χ4v) is 4.43. The molecule has 4 rings (SSSR count). The molecule has 3 aromatic carbocycles. The van der Waals surface area contributed by atoms with Gasteiger partial charge in [0, 0.05) is 24.7 Å². The van der Waals surface area contributed by atoms with Crippen LogP contribution in [0.2, 0.25) is 0 Å². The van der Waals surface area contributed by atoms with Crippen molar-refractivity contribution in [1.82, 2.24) is 4.90 Å². The lowest BCUT2D eigenvalue weighted by Gasteiger charge is -2.26. The van der Waals surface area contributed by atoms with Gasteiger partial charge in [0.05, 0.1) is 4.92 Å². The van der Waals surface area contributed by atoms with Gasteiger partial charge >= 0.3 is 0 Å². The highest BCUT2D eigenvalue weighted by atomic mass is 19.1. The van der Waals surface area contributed by atoms with Crippen molar-refractivity contribution in [3.05, 3.63) is 123 Å². The van der Waals surface area contributed by atoms with Gasteiger partial charge in [0.25, 0.3) is 6.20 Å². The van der Waals surface area contributed by atoms with Crippen LogP contribution in [0.4, 0.5) is 14.5 Å². The molecule has 1 fully saturated rings. The Morgan fingerprint density at radius 2 is 1.55 bits per heavy atom. The molecule has 33 heavy (non-hydrogen) atoms. The van der Waals surface area contributed by atoms with E-state index in [-0.39, 0.29) is 23.5 Å². The second kappa shape index (κ2) is 9.81. The van der Waals surface area contributed by atoms with Crippen LogP contribution in [0.3, 0.4) is 0 Å². The summed E-state index contributed by atoms with van der Waals surface area (Å²) < 4.78 is 27.1. The largest absolute Gasteiger partial charge is 0.353 e. The van der Waals surface area contributed by atoms with Crippen molar-refractivity contribution in [2.45, 2.75) is 19.3 Å². The number of aryl methyl sites for hydroxylation is 1. The molecule has 1 unspecified atom stereocenters. The molecule has 5 nitrogen and oxygen atoms in total. The summed E-state index contributed by atoms with van der Waals surface area (Å²) >= 11 is 0. The van der Waals surface area contributed by atoms with Crippen LogP contribution in [0.25, 0.3) is 0 Å². The molecule has 7 heteroatoms. The summed E-state index contributed by atoms with van der Waals surface area (Å²) in [5.41, 5.74) is 3.73. The van der Waals surface area contributed by atoms with Crippen molar-refractivity contribution < 1.29 is 13.7 Å². The number of benzene rings is 3. The first-order valence-electron chi connectivity index (χ1n) is 10.8. The van der Waals surface area contributed by atoms with Crippen LogP contribution >= 0.6 is 0 Å². The Bertz CT molecular complexity index is 1080. The topological polar surface area (TPSA) is 58.4 Å². The molecule has 1 atom stereocenters. The molecule has 170 valence electrons. The smallest absolute Gasteiger partial charge is 0.274 e. The standard InChI is InChI=1S/C26H25F2N3O2/c1-18-2-12-24(13-3-18)29-25(17-31(32)33)30-15-14-21(16-30)26(19-4-8-22(27)9-5-19)20-6-10-23(28)11-7-20/h2-13,17,21,26,29H,14-16H2,1H3.